The van der Waals surface area contributed by atoms with Crippen molar-refractivity contribution in [3.8, 4) is 12.1 Å². The van der Waals surface area contributed by atoms with E-state index in [9.17, 15) is 14.9 Å². The van der Waals surface area contributed by atoms with Crippen LogP contribution < -0.4 is 11.1 Å². The van der Waals surface area contributed by atoms with E-state index in [1.165, 1.54) is 10.8 Å². The summed E-state index contributed by atoms with van der Waals surface area (Å²) in [6.45, 7) is 4.77. The van der Waals surface area contributed by atoms with Gasteiger partial charge in [0.05, 0.1) is 21.1 Å². The Kier molecular flexibility index (Phi) is 10.8. The smallest absolute Gasteiger partial charge is 0.356 e. The lowest BCUT2D eigenvalue weighted by Crippen LogP contribution is -2.24. The lowest BCUT2D eigenvalue weighted by molar-refractivity contribution is 0.0690. The molecule has 0 bridgehead atoms. The van der Waals surface area contributed by atoms with Gasteiger partial charge in [-0.1, -0.05) is 35.3 Å². The molecule has 0 aliphatic heterocycles. The third-order valence-corrected chi connectivity index (χ3v) is 8.75. The van der Waals surface area contributed by atoms with Crippen molar-refractivity contribution in [2.45, 2.75) is 33.5 Å². The van der Waals surface area contributed by atoms with Gasteiger partial charge >= 0.3 is 5.97 Å². The van der Waals surface area contributed by atoms with Gasteiger partial charge in [0.2, 0.25) is 11.6 Å². The van der Waals surface area contributed by atoms with E-state index < -0.39 is 5.97 Å². The standard InChI is InChI=1S/C23H20ClN7O.C15H9ClN4O2/c1-13-5-21(26)29-14(2)18(13)10-28-23(32)20-12-31(22(8-25)30-20)11-15-3-4-19-16(6-15)7-17(24)9-27-19;16-11-4-10-3-9(1-2-12(10)18-6-11)7-20-8-13(15(21)22)19-14(20)5-17/h3-7,9,12H,10-11H2,1-2H3,(H2,26,29)(H,28,32);1-4,6,8H,7H2,(H,21,22). The zero-order valence-electron chi connectivity index (χ0n) is 28.7. The van der Waals surface area contributed by atoms with Crippen LogP contribution in [0.3, 0.4) is 0 Å². The van der Waals surface area contributed by atoms with Crippen LogP contribution in [-0.2, 0) is 19.6 Å². The molecule has 7 rings (SSSR count). The van der Waals surface area contributed by atoms with E-state index in [1.54, 1.807) is 35.3 Å². The fraction of sp³-hybridized carbons (Fsp3) is 0.132. The number of carboxylic acids is 1. The van der Waals surface area contributed by atoms with Gasteiger partial charge in [0, 0.05) is 60.9 Å². The van der Waals surface area contributed by atoms with Gasteiger partial charge in [-0.3, -0.25) is 14.8 Å². The highest BCUT2D eigenvalue weighted by atomic mass is 35.5. The quantitative estimate of drug-likeness (QED) is 0.158. The number of benzene rings is 2. The fourth-order valence-electron chi connectivity index (χ4n) is 5.78. The number of nitrogen functional groups attached to an aromatic ring is 1. The molecule has 4 N–H and O–H groups in total. The number of imidazole rings is 2. The molecule has 0 unspecified atom stereocenters. The average Bonchev–Trinajstić information content (AvgIpc) is 3.75. The molecule has 1 amide bonds. The number of hydrogen-bond acceptors (Lipinski definition) is 10. The van der Waals surface area contributed by atoms with Crippen LogP contribution in [-0.4, -0.2) is 51.0 Å². The highest BCUT2D eigenvalue weighted by Crippen LogP contribution is 2.21. The second-order valence-electron chi connectivity index (χ2n) is 12.2. The van der Waals surface area contributed by atoms with E-state index in [4.69, 9.17) is 39.3 Å². The minimum atomic E-state index is -1.16. The Balaban J connectivity index is 0.000000197. The van der Waals surface area contributed by atoms with Crippen molar-refractivity contribution in [1.82, 2.24) is 39.4 Å². The number of aromatic carboxylic acids is 1. The monoisotopic (exact) mass is 757 g/mol. The predicted molar refractivity (Wildman–Crippen MR) is 202 cm³/mol. The van der Waals surface area contributed by atoms with Crippen LogP contribution >= 0.6 is 23.2 Å². The molecule has 2 aromatic carbocycles. The van der Waals surface area contributed by atoms with Crippen molar-refractivity contribution >= 4 is 62.7 Å². The molecule has 0 aliphatic rings. The van der Waals surface area contributed by atoms with Gasteiger partial charge in [-0.05, 0) is 78.6 Å². The molecule has 0 saturated heterocycles. The highest BCUT2D eigenvalue weighted by Gasteiger charge is 2.17. The summed E-state index contributed by atoms with van der Waals surface area (Å²) >= 11 is 12.0. The molecule has 0 fully saturated rings. The number of hydrogen-bond donors (Lipinski definition) is 3. The summed E-state index contributed by atoms with van der Waals surface area (Å²) in [7, 11) is 0. The number of nitrogens with one attached hydrogen (secondary N) is 1. The Morgan fingerprint density at radius 1 is 0.796 bits per heavy atom. The highest BCUT2D eigenvalue weighted by molar-refractivity contribution is 6.31. The second kappa shape index (κ2) is 15.8. The first-order chi connectivity index (χ1) is 25.9. The summed E-state index contributed by atoms with van der Waals surface area (Å²) in [5.74, 6) is -0.878. The van der Waals surface area contributed by atoms with Crippen LogP contribution in [0.5, 0.6) is 0 Å². The molecule has 0 atom stereocenters. The Morgan fingerprint density at radius 3 is 1.81 bits per heavy atom. The molecule has 54 heavy (non-hydrogen) atoms. The van der Waals surface area contributed by atoms with E-state index in [2.05, 4.69) is 36.3 Å². The molecule has 14 nitrogen and oxygen atoms in total. The van der Waals surface area contributed by atoms with Crippen LogP contribution in [0.4, 0.5) is 5.82 Å². The first-order valence-electron chi connectivity index (χ1n) is 16.2. The Hall–Kier alpha value is -6.87. The number of nitrogens with two attached hydrogens (primary N) is 1. The number of fused-ring (bicyclic) bond motifs is 2. The van der Waals surface area contributed by atoms with Crippen LogP contribution in [0, 0.1) is 36.5 Å². The number of aryl methyl sites for hydroxylation is 2. The number of nitrogens with zero attached hydrogens (tertiary/aromatic N) is 9. The van der Waals surface area contributed by atoms with Gasteiger partial charge in [-0.15, -0.1) is 0 Å². The lowest BCUT2D eigenvalue weighted by atomic mass is 10.1. The number of aromatic nitrogens is 7. The molecule has 268 valence electrons. The van der Waals surface area contributed by atoms with Crippen molar-refractivity contribution in [3.63, 3.8) is 0 Å². The van der Waals surface area contributed by atoms with Gasteiger partial charge in [-0.25, -0.2) is 19.7 Å². The lowest BCUT2D eigenvalue weighted by Gasteiger charge is -2.10. The van der Waals surface area contributed by atoms with Gasteiger partial charge in [0.1, 0.15) is 23.7 Å². The summed E-state index contributed by atoms with van der Waals surface area (Å²) in [5, 5.41) is 33.2. The van der Waals surface area contributed by atoms with Gasteiger partial charge in [0.15, 0.2) is 5.69 Å². The van der Waals surface area contributed by atoms with E-state index >= 15 is 0 Å². The number of nitriles is 2. The Morgan fingerprint density at radius 2 is 1.31 bits per heavy atom. The molecular formula is C38H29Cl2N11O3. The first-order valence-corrected chi connectivity index (χ1v) is 16.9. The zero-order chi connectivity index (χ0) is 38.5. The number of rotatable bonds is 8. The number of amides is 1. The van der Waals surface area contributed by atoms with Crippen molar-refractivity contribution < 1.29 is 14.7 Å². The van der Waals surface area contributed by atoms with Crippen molar-refractivity contribution in [2.24, 2.45) is 0 Å². The first kappa shape index (κ1) is 36.9. The minimum Gasteiger partial charge on any atom is -0.476 e. The van der Waals surface area contributed by atoms with E-state index in [0.29, 0.717) is 29.0 Å². The number of carbonyl (C=O) groups is 2. The number of pyridine rings is 3. The molecule has 0 spiro atoms. The van der Waals surface area contributed by atoms with Crippen LogP contribution in [0.25, 0.3) is 21.8 Å². The summed E-state index contributed by atoms with van der Waals surface area (Å²) in [5.41, 5.74) is 11.8. The number of halogens is 2. The molecular weight excluding hydrogens is 729 g/mol. The minimum absolute atomic E-state index is 0.0571. The number of anilines is 1. The number of carboxylic acid groups (broad SMARTS) is 1. The largest absolute Gasteiger partial charge is 0.476 e. The van der Waals surface area contributed by atoms with E-state index in [1.807, 2.05) is 62.4 Å². The van der Waals surface area contributed by atoms with E-state index in [-0.39, 0.29) is 35.5 Å². The molecule has 16 heteroatoms. The topological polar surface area (TPSA) is 214 Å². The van der Waals surface area contributed by atoms with Gasteiger partial charge in [-0.2, -0.15) is 10.5 Å². The average molecular weight is 759 g/mol. The third kappa shape index (κ3) is 8.43. The second-order valence-corrected chi connectivity index (χ2v) is 13.0. The van der Waals surface area contributed by atoms with Crippen LogP contribution in [0.15, 0.2) is 79.4 Å². The fourth-order valence-corrected chi connectivity index (χ4v) is 6.11. The summed E-state index contributed by atoms with van der Waals surface area (Å²) in [6, 6.07) is 20.7. The maximum atomic E-state index is 12.7. The summed E-state index contributed by atoms with van der Waals surface area (Å²) in [6.07, 6.45) is 6.10. The predicted octanol–water partition coefficient (Wildman–Crippen LogP) is 6.23. The van der Waals surface area contributed by atoms with Crippen molar-refractivity contribution in [1.29, 1.82) is 10.5 Å². The maximum Gasteiger partial charge on any atom is 0.356 e. The molecule has 0 aliphatic carbocycles. The van der Waals surface area contributed by atoms with Gasteiger partial charge in [0.25, 0.3) is 5.91 Å². The third-order valence-electron chi connectivity index (χ3n) is 8.33. The van der Waals surface area contributed by atoms with Crippen molar-refractivity contribution in [3.05, 3.63) is 140 Å². The molecule has 0 radical (unpaired) electrons. The normalized spacial score (nSPS) is 10.7. The van der Waals surface area contributed by atoms with Crippen molar-refractivity contribution in [2.75, 3.05) is 5.73 Å². The molecule has 7 aromatic rings. The van der Waals surface area contributed by atoms with E-state index in [0.717, 1.165) is 49.8 Å². The Bertz CT molecular complexity index is 2650. The Labute approximate surface area is 318 Å². The summed E-state index contributed by atoms with van der Waals surface area (Å²) in [4.78, 5) is 44.3. The zero-order valence-corrected chi connectivity index (χ0v) is 30.3. The number of carbonyl (C=O) groups excluding carboxylic acids is 1. The molecule has 5 heterocycles. The maximum absolute atomic E-state index is 12.7. The molecule has 5 aromatic heterocycles. The van der Waals surface area contributed by atoms with Gasteiger partial charge < -0.3 is 25.3 Å². The van der Waals surface area contributed by atoms with Crippen LogP contribution in [0.1, 0.15) is 60.6 Å². The van der Waals surface area contributed by atoms with Crippen LogP contribution in [0.2, 0.25) is 10.0 Å². The summed E-state index contributed by atoms with van der Waals surface area (Å²) < 4.78 is 3.15. The molecule has 0 saturated carbocycles. The SMILES string of the molecule is Cc1cc(N)nc(C)c1CNC(=O)c1cn(Cc2ccc3ncc(Cl)cc3c2)c(C#N)n1.N#Cc1nc(C(=O)O)cn1Cc1ccc2ncc(Cl)cc2c1.